The Labute approximate surface area is 121 Å². The maximum Gasteiger partial charge on any atom is 0.334 e. The van der Waals surface area contributed by atoms with Gasteiger partial charge >= 0.3 is 5.97 Å². The van der Waals surface area contributed by atoms with Crippen molar-refractivity contribution in [3.05, 3.63) is 71.0 Å². The van der Waals surface area contributed by atoms with E-state index in [4.69, 9.17) is 4.42 Å². The predicted molar refractivity (Wildman–Crippen MR) is 82.0 cm³/mol. The number of methoxy groups -OCH3 is 1. The van der Waals surface area contributed by atoms with Gasteiger partial charge in [-0.25, -0.2) is 4.79 Å². The van der Waals surface area contributed by atoms with Gasteiger partial charge in [-0.1, -0.05) is 54.6 Å². The lowest BCUT2D eigenvalue weighted by Gasteiger charge is -1.89. The quantitative estimate of drug-likeness (QED) is 0.675. The molecule has 0 atom stereocenters. The van der Waals surface area contributed by atoms with Crippen LogP contribution in [0.2, 0.25) is 0 Å². The molecule has 104 valence electrons. The molecule has 21 heavy (non-hydrogen) atoms. The van der Waals surface area contributed by atoms with Crippen molar-refractivity contribution in [3.63, 3.8) is 0 Å². The zero-order valence-corrected chi connectivity index (χ0v) is 11.6. The van der Waals surface area contributed by atoms with E-state index in [9.17, 15) is 4.79 Å². The van der Waals surface area contributed by atoms with Crippen molar-refractivity contribution in [2.75, 3.05) is 7.11 Å². The molecule has 1 heterocycles. The normalized spacial score (nSPS) is 12.8. The Bertz CT molecular complexity index is 889. The third kappa shape index (κ3) is 2.72. The summed E-state index contributed by atoms with van der Waals surface area (Å²) in [7, 11) is 1.35. The van der Waals surface area contributed by atoms with Crippen molar-refractivity contribution in [1.82, 2.24) is 0 Å². The summed E-state index contributed by atoms with van der Waals surface area (Å²) in [5.74, 6) is -0.430. The average Bonchev–Trinajstić information content (AvgIpc) is 2.86. The first-order valence-corrected chi connectivity index (χ1v) is 6.62. The van der Waals surface area contributed by atoms with Gasteiger partial charge in [-0.2, -0.15) is 0 Å². The van der Waals surface area contributed by atoms with Crippen LogP contribution < -0.4 is 10.8 Å². The number of esters is 1. The second-order valence-electron chi connectivity index (χ2n) is 4.60. The fourth-order valence-electron chi connectivity index (χ4n) is 2.22. The molecule has 2 aromatic carbocycles. The number of rotatable bonds is 2. The molecule has 0 saturated carbocycles. The van der Waals surface area contributed by atoms with E-state index in [0.29, 0.717) is 5.42 Å². The van der Waals surface area contributed by atoms with E-state index in [1.807, 2.05) is 60.7 Å². The monoisotopic (exact) mass is 278 g/mol. The number of hydrogen-bond donors (Lipinski definition) is 0. The molecule has 3 heteroatoms. The van der Waals surface area contributed by atoms with Gasteiger partial charge in [0.15, 0.2) is 0 Å². The first-order valence-electron chi connectivity index (χ1n) is 6.62. The molecular weight excluding hydrogens is 264 g/mol. The fourth-order valence-corrected chi connectivity index (χ4v) is 2.22. The van der Waals surface area contributed by atoms with Crippen LogP contribution in [0.25, 0.3) is 22.9 Å². The number of furan rings is 1. The number of benzene rings is 2. The molecule has 0 fully saturated rings. The number of carbonyl (C=O) groups is 1. The van der Waals surface area contributed by atoms with Crippen molar-refractivity contribution in [2.45, 2.75) is 0 Å². The Morgan fingerprint density at radius 1 is 0.952 bits per heavy atom. The lowest BCUT2D eigenvalue weighted by atomic mass is 10.1. The largest absolute Gasteiger partial charge is 0.466 e. The molecule has 0 aliphatic heterocycles. The number of hydrogen-bond acceptors (Lipinski definition) is 3. The van der Waals surface area contributed by atoms with Crippen LogP contribution in [0.15, 0.2) is 59.0 Å². The Morgan fingerprint density at radius 3 is 2.24 bits per heavy atom. The third-order valence-corrected chi connectivity index (χ3v) is 3.23. The summed E-state index contributed by atoms with van der Waals surface area (Å²) in [6, 6.07) is 17.7. The molecule has 3 rings (SSSR count). The molecule has 0 radical (unpaired) electrons. The van der Waals surface area contributed by atoms with E-state index in [0.717, 1.165) is 21.8 Å². The van der Waals surface area contributed by atoms with Crippen LogP contribution in [0.1, 0.15) is 5.56 Å². The first-order chi connectivity index (χ1) is 10.3. The van der Waals surface area contributed by atoms with Crippen LogP contribution in [-0.2, 0) is 9.53 Å². The van der Waals surface area contributed by atoms with E-state index < -0.39 is 5.97 Å². The summed E-state index contributed by atoms with van der Waals surface area (Å²) >= 11 is 0. The topological polar surface area (TPSA) is 39.4 Å². The van der Waals surface area contributed by atoms with E-state index in [1.165, 1.54) is 13.2 Å². The van der Waals surface area contributed by atoms with Crippen LogP contribution in [0.3, 0.4) is 0 Å². The van der Waals surface area contributed by atoms with Crippen molar-refractivity contribution in [2.24, 2.45) is 0 Å². The highest BCUT2D eigenvalue weighted by Gasteiger charge is 2.04. The smallest absolute Gasteiger partial charge is 0.334 e. The molecule has 0 unspecified atom stereocenters. The molecule has 3 aromatic rings. The molecule has 0 N–H and O–H groups in total. The van der Waals surface area contributed by atoms with Crippen LogP contribution in [0, 0.1) is 0 Å². The highest BCUT2D eigenvalue weighted by atomic mass is 16.5. The third-order valence-electron chi connectivity index (χ3n) is 3.23. The van der Waals surface area contributed by atoms with Crippen LogP contribution >= 0.6 is 0 Å². The summed E-state index contributed by atoms with van der Waals surface area (Å²) < 4.78 is 10.5. The van der Waals surface area contributed by atoms with E-state index in [2.05, 4.69) is 4.74 Å². The summed E-state index contributed by atoms with van der Waals surface area (Å²) in [4.78, 5) is 11.4. The summed E-state index contributed by atoms with van der Waals surface area (Å²) in [5.41, 5.74) is 2.29. The van der Waals surface area contributed by atoms with Gasteiger partial charge in [0.2, 0.25) is 0 Å². The van der Waals surface area contributed by atoms with Crippen molar-refractivity contribution >= 4 is 28.9 Å². The lowest BCUT2D eigenvalue weighted by Crippen LogP contribution is -2.05. The second kappa shape index (κ2) is 5.67. The number of ether oxygens (including phenoxy) is 1. The summed E-state index contributed by atoms with van der Waals surface area (Å²) in [5, 5.41) is 1.86. The van der Waals surface area contributed by atoms with Crippen LogP contribution in [-0.4, -0.2) is 13.1 Å². The van der Waals surface area contributed by atoms with E-state index >= 15 is 0 Å². The molecule has 0 aliphatic carbocycles. The van der Waals surface area contributed by atoms with Gasteiger partial charge in [0.25, 0.3) is 0 Å². The van der Waals surface area contributed by atoms with Crippen LogP contribution in [0.5, 0.6) is 0 Å². The molecular formula is C18H14O3. The minimum Gasteiger partial charge on any atom is -0.466 e. The predicted octanol–water partition coefficient (Wildman–Crippen LogP) is 2.22. The van der Waals surface area contributed by atoms with Gasteiger partial charge in [-0.15, -0.1) is 0 Å². The molecule has 0 spiro atoms. The minimum atomic E-state index is -0.430. The summed E-state index contributed by atoms with van der Waals surface area (Å²) in [6.45, 7) is 0. The highest BCUT2D eigenvalue weighted by molar-refractivity contribution is 6.01. The highest BCUT2D eigenvalue weighted by Crippen LogP contribution is 2.07. The van der Waals surface area contributed by atoms with Gasteiger partial charge in [-0.05, 0) is 11.6 Å². The summed E-state index contributed by atoms with van der Waals surface area (Å²) in [6.07, 6.45) is 3.32. The lowest BCUT2D eigenvalue weighted by molar-refractivity contribution is -0.133. The van der Waals surface area contributed by atoms with Gasteiger partial charge in [0.05, 0.1) is 13.2 Å². The maximum absolute atomic E-state index is 11.4. The van der Waals surface area contributed by atoms with Gasteiger partial charge in [0.1, 0.15) is 10.8 Å². The van der Waals surface area contributed by atoms with Crippen molar-refractivity contribution in [1.29, 1.82) is 0 Å². The Balaban J connectivity index is 2.28. The van der Waals surface area contributed by atoms with Gasteiger partial charge in [0, 0.05) is 10.8 Å². The van der Waals surface area contributed by atoms with E-state index in [1.54, 1.807) is 0 Å². The Kier molecular flexibility index (Phi) is 3.56. The van der Waals surface area contributed by atoms with Crippen LogP contribution in [0.4, 0.5) is 0 Å². The standard InChI is InChI=1S/C18H14O3/c1-20-18(19)12-17-15-10-6-5-9-14(15)16(21-17)11-13-7-3-2-4-8-13/h2-12H,1H3/b16-11+,17-12+. The van der Waals surface area contributed by atoms with Gasteiger partial charge in [-0.3, -0.25) is 0 Å². The molecule has 0 bridgehead atoms. The maximum atomic E-state index is 11.4. The molecule has 0 amide bonds. The first kappa shape index (κ1) is 13.2. The van der Waals surface area contributed by atoms with Crippen molar-refractivity contribution < 1.29 is 13.9 Å². The molecule has 3 nitrogen and oxygen atoms in total. The Hall–Kier alpha value is -2.81. The average molecular weight is 278 g/mol. The SMILES string of the molecule is COC(=O)/C=c1/o/c(=C/c2ccccc2)c2ccccc12. The molecule has 1 aromatic heterocycles. The number of fused-ring (bicyclic) bond motifs is 1. The second-order valence-corrected chi connectivity index (χ2v) is 4.60. The van der Waals surface area contributed by atoms with Gasteiger partial charge < -0.3 is 9.15 Å². The molecule has 0 aliphatic rings. The van der Waals surface area contributed by atoms with Crippen molar-refractivity contribution in [3.8, 4) is 0 Å². The molecule has 0 saturated heterocycles. The minimum absolute atomic E-state index is 0.430. The fraction of sp³-hybridized carbons (Fsp3) is 0.0556. The zero-order chi connectivity index (χ0) is 14.7. The van der Waals surface area contributed by atoms with E-state index in [-0.39, 0.29) is 0 Å². The Morgan fingerprint density at radius 2 is 1.57 bits per heavy atom. The zero-order valence-electron chi connectivity index (χ0n) is 11.6. The number of carbonyl (C=O) groups excluding carboxylic acids is 1.